The SMILES string of the molecule is C=C/C=C\C(=C/OC)C1CCC(C(/C=C\Cl)=C/C)CCC(c2ccccc2)CC1. The van der Waals surface area contributed by atoms with Gasteiger partial charge in [0.1, 0.15) is 0 Å². The zero-order valence-electron chi connectivity index (χ0n) is 17.9. The first-order valence-corrected chi connectivity index (χ1v) is 11.2. The lowest BCUT2D eigenvalue weighted by Crippen LogP contribution is -2.08. The van der Waals surface area contributed by atoms with Crippen molar-refractivity contribution in [2.75, 3.05) is 7.11 Å². The summed E-state index contributed by atoms with van der Waals surface area (Å²) in [5.74, 6) is 1.61. The summed E-state index contributed by atoms with van der Waals surface area (Å²) in [5, 5.41) is 0. The average Bonchev–Trinajstić information content (AvgIpc) is 2.86. The van der Waals surface area contributed by atoms with Gasteiger partial charge in [-0.3, -0.25) is 0 Å². The molecule has 29 heavy (non-hydrogen) atoms. The standard InChI is InChI=1S/C27H35ClO/c1-4-6-10-27(21-29-3)26-17-14-24(22(5-2)19-20-28)13-15-25(16-18-26)23-11-8-7-9-12-23/h4-12,19-21,24-26H,1,13-18H2,2-3H3/b10-6-,20-19-,22-5+,27-21+. The third-order valence-electron chi connectivity index (χ3n) is 6.07. The van der Waals surface area contributed by atoms with E-state index in [9.17, 15) is 0 Å². The van der Waals surface area contributed by atoms with E-state index in [1.807, 2.05) is 18.4 Å². The predicted octanol–water partition coefficient (Wildman–Crippen LogP) is 8.33. The number of benzene rings is 1. The van der Waals surface area contributed by atoms with Crippen LogP contribution in [0.3, 0.4) is 0 Å². The summed E-state index contributed by atoms with van der Waals surface area (Å²) >= 11 is 5.94. The molecule has 2 heteroatoms. The van der Waals surface area contributed by atoms with Crippen LogP contribution in [-0.2, 0) is 4.74 Å². The Kier molecular flexibility index (Phi) is 10.7. The second kappa shape index (κ2) is 13.3. The van der Waals surface area contributed by atoms with Gasteiger partial charge < -0.3 is 4.74 Å². The van der Waals surface area contributed by atoms with Crippen molar-refractivity contribution in [2.24, 2.45) is 11.8 Å². The molecule has 1 aliphatic carbocycles. The van der Waals surface area contributed by atoms with Gasteiger partial charge in [-0.2, -0.15) is 0 Å². The summed E-state index contributed by atoms with van der Waals surface area (Å²) in [5.41, 5.74) is 5.72. The number of ether oxygens (including phenoxy) is 1. The molecule has 0 heterocycles. The van der Waals surface area contributed by atoms with E-state index in [0.29, 0.717) is 17.8 Å². The molecule has 0 aliphatic heterocycles. The number of hydrogen-bond donors (Lipinski definition) is 0. The van der Waals surface area contributed by atoms with Gasteiger partial charge in [0, 0.05) is 5.54 Å². The molecule has 2 rings (SSSR count). The molecule has 1 nitrogen and oxygen atoms in total. The maximum absolute atomic E-state index is 5.94. The minimum absolute atomic E-state index is 0.482. The summed E-state index contributed by atoms with van der Waals surface area (Å²) in [7, 11) is 1.73. The van der Waals surface area contributed by atoms with Crippen LogP contribution < -0.4 is 0 Å². The van der Waals surface area contributed by atoms with E-state index in [4.69, 9.17) is 16.3 Å². The Labute approximate surface area is 182 Å². The Balaban J connectivity index is 2.32. The first-order valence-electron chi connectivity index (χ1n) is 10.7. The van der Waals surface area contributed by atoms with Crippen molar-refractivity contribution < 1.29 is 4.74 Å². The molecule has 1 aromatic carbocycles. The fourth-order valence-corrected chi connectivity index (χ4v) is 4.64. The van der Waals surface area contributed by atoms with Crippen molar-refractivity contribution in [2.45, 2.75) is 51.4 Å². The van der Waals surface area contributed by atoms with Crippen molar-refractivity contribution in [1.29, 1.82) is 0 Å². The monoisotopic (exact) mass is 410 g/mol. The first-order chi connectivity index (χ1) is 14.2. The quantitative estimate of drug-likeness (QED) is 0.324. The van der Waals surface area contributed by atoms with Gasteiger partial charge in [-0.25, -0.2) is 0 Å². The summed E-state index contributed by atoms with van der Waals surface area (Å²) in [6.45, 7) is 5.94. The molecule has 1 saturated carbocycles. The number of hydrogen-bond acceptors (Lipinski definition) is 1. The second-order valence-electron chi connectivity index (χ2n) is 7.76. The lowest BCUT2D eigenvalue weighted by atomic mass is 9.84. The van der Waals surface area contributed by atoms with Crippen molar-refractivity contribution >= 4 is 11.6 Å². The Morgan fingerprint density at radius 3 is 2.14 bits per heavy atom. The molecule has 3 atom stereocenters. The third-order valence-corrected chi connectivity index (χ3v) is 6.20. The molecule has 0 saturated heterocycles. The van der Waals surface area contributed by atoms with E-state index in [0.717, 1.165) is 12.8 Å². The topological polar surface area (TPSA) is 9.23 Å². The molecule has 1 aliphatic rings. The molecule has 0 spiro atoms. The maximum atomic E-state index is 5.94. The highest BCUT2D eigenvalue weighted by Gasteiger charge is 2.24. The van der Waals surface area contributed by atoms with Crippen LogP contribution in [0.2, 0.25) is 0 Å². The molecule has 0 radical (unpaired) electrons. The van der Waals surface area contributed by atoms with Gasteiger partial charge in [0.05, 0.1) is 13.4 Å². The molecule has 1 aromatic rings. The zero-order valence-corrected chi connectivity index (χ0v) is 18.7. The Bertz CT molecular complexity index is 726. The average molecular weight is 411 g/mol. The second-order valence-corrected chi connectivity index (χ2v) is 8.02. The van der Waals surface area contributed by atoms with E-state index < -0.39 is 0 Å². The minimum Gasteiger partial charge on any atom is -0.504 e. The van der Waals surface area contributed by atoms with E-state index in [-0.39, 0.29) is 0 Å². The summed E-state index contributed by atoms with van der Waals surface area (Å²) in [6, 6.07) is 11.0. The Hall–Kier alpha value is -1.99. The largest absolute Gasteiger partial charge is 0.504 e. The van der Waals surface area contributed by atoms with Crippen molar-refractivity contribution in [1.82, 2.24) is 0 Å². The van der Waals surface area contributed by atoms with E-state index >= 15 is 0 Å². The maximum Gasteiger partial charge on any atom is 0.0859 e. The highest BCUT2D eigenvalue weighted by atomic mass is 35.5. The summed E-state index contributed by atoms with van der Waals surface area (Å²) < 4.78 is 5.42. The number of allylic oxidation sites excluding steroid dienone is 7. The van der Waals surface area contributed by atoms with Crippen molar-refractivity contribution in [3.05, 3.63) is 95.8 Å². The van der Waals surface area contributed by atoms with E-state index in [2.05, 4.69) is 62.1 Å². The Morgan fingerprint density at radius 1 is 0.966 bits per heavy atom. The van der Waals surface area contributed by atoms with Crippen LogP contribution in [0.4, 0.5) is 0 Å². The van der Waals surface area contributed by atoms with Crippen LogP contribution in [0.25, 0.3) is 0 Å². The van der Waals surface area contributed by atoms with E-state index in [1.165, 1.54) is 42.4 Å². The first kappa shape index (κ1) is 23.3. The van der Waals surface area contributed by atoms with Crippen LogP contribution in [0.5, 0.6) is 0 Å². The lowest BCUT2D eigenvalue weighted by Gasteiger charge is -2.21. The van der Waals surface area contributed by atoms with Gasteiger partial charge in [-0.05, 0) is 86.0 Å². The molecule has 0 aromatic heterocycles. The van der Waals surface area contributed by atoms with E-state index in [1.54, 1.807) is 12.6 Å². The normalized spacial score (nSPS) is 24.9. The van der Waals surface area contributed by atoms with Crippen LogP contribution >= 0.6 is 11.6 Å². The van der Waals surface area contributed by atoms with Crippen LogP contribution in [0.1, 0.15) is 56.9 Å². The Morgan fingerprint density at radius 2 is 1.59 bits per heavy atom. The van der Waals surface area contributed by atoms with Gasteiger partial charge in [0.15, 0.2) is 0 Å². The lowest BCUT2D eigenvalue weighted by molar-refractivity contribution is 0.325. The van der Waals surface area contributed by atoms with Gasteiger partial charge in [0.2, 0.25) is 0 Å². The molecule has 1 fully saturated rings. The molecule has 0 bridgehead atoms. The zero-order chi connectivity index (χ0) is 20.9. The highest BCUT2D eigenvalue weighted by Crippen LogP contribution is 2.39. The van der Waals surface area contributed by atoms with Crippen molar-refractivity contribution in [3.8, 4) is 0 Å². The fraction of sp³-hybridized carbons (Fsp3) is 0.407. The van der Waals surface area contributed by atoms with Crippen LogP contribution in [-0.4, -0.2) is 7.11 Å². The van der Waals surface area contributed by atoms with Gasteiger partial charge in [-0.15, -0.1) is 0 Å². The molecular weight excluding hydrogens is 376 g/mol. The number of methoxy groups -OCH3 is 1. The minimum atomic E-state index is 0.482. The number of rotatable bonds is 7. The molecule has 0 N–H and O–H groups in total. The summed E-state index contributed by atoms with van der Waals surface area (Å²) in [4.78, 5) is 0. The van der Waals surface area contributed by atoms with Crippen LogP contribution in [0, 0.1) is 11.8 Å². The predicted molar refractivity (Wildman–Crippen MR) is 127 cm³/mol. The van der Waals surface area contributed by atoms with Gasteiger partial charge >= 0.3 is 0 Å². The molecule has 0 amide bonds. The fourth-order valence-electron chi connectivity index (χ4n) is 4.49. The van der Waals surface area contributed by atoms with Gasteiger partial charge in [0.25, 0.3) is 0 Å². The third kappa shape index (κ3) is 7.40. The molecule has 156 valence electrons. The van der Waals surface area contributed by atoms with Crippen molar-refractivity contribution in [3.63, 3.8) is 0 Å². The smallest absolute Gasteiger partial charge is 0.0859 e. The summed E-state index contributed by atoms with van der Waals surface area (Å²) in [6.07, 6.45) is 19.3. The highest BCUT2D eigenvalue weighted by molar-refractivity contribution is 6.25. The molecular formula is C27H35ClO. The van der Waals surface area contributed by atoms with Gasteiger partial charge in [-0.1, -0.05) is 72.8 Å². The molecule has 3 unspecified atom stereocenters. The van der Waals surface area contributed by atoms with Crippen LogP contribution in [0.15, 0.2) is 90.2 Å². The number of halogens is 1.